The van der Waals surface area contributed by atoms with Crippen molar-refractivity contribution in [3.63, 3.8) is 0 Å². The SMILES string of the molecule is CCCN(CCOS(C)(=O)=O)c1c(C)cc([N+](=O)[O-])cc1S(=O)(=O)N1CCN(c2ccccn2)CC1. The molecule has 0 amide bonds. The number of piperazine rings is 1. The molecule has 1 saturated heterocycles. The van der Waals surface area contributed by atoms with Crippen LogP contribution in [0.25, 0.3) is 0 Å². The van der Waals surface area contributed by atoms with E-state index < -0.39 is 25.1 Å². The smallest absolute Gasteiger partial charge is 0.271 e. The fraction of sp³-hybridized carbons (Fsp3) is 0.500. The Kier molecular flexibility index (Phi) is 8.87. The van der Waals surface area contributed by atoms with E-state index in [-0.39, 0.29) is 36.8 Å². The van der Waals surface area contributed by atoms with Crippen LogP contribution in [0.2, 0.25) is 0 Å². The summed E-state index contributed by atoms with van der Waals surface area (Å²) in [7, 11) is -7.79. The lowest BCUT2D eigenvalue weighted by molar-refractivity contribution is -0.385. The van der Waals surface area contributed by atoms with Gasteiger partial charge in [-0.25, -0.2) is 13.4 Å². The Morgan fingerprint density at radius 2 is 1.81 bits per heavy atom. The molecular weight excluding hydrogens is 510 g/mol. The minimum absolute atomic E-state index is 0.0928. The van der Waals surface area contributed by atoms with E-state index in [0.29, 0.717) is 37.3 Å². The van der Waals surface area contributed by atoms with Crippen molar-refractivity contribution in [2.45, 2.75) is 25.2 Å². The van der Waals surface area contributed by atoms with Crippen LogP contribution in [0, 0.1) is 17.0 Å². The number of rotatable bonds is 11. The second kappa shape index (κ2) is 11.5. The maximum Gasteiger partial charge on any atom is 0.271 e. The van der Waals surface area contributed by atoms with Crippen LogP contribution in [-0.2, 0) is 24.3 Å². The van der Waals surface area contributed by atoms with Crippen LogP contribution < -0.4 is 9.80 Å². The number of aromatic nitrogens is 1. The lowest BCUT2D eigenvalue weighted by Crippen LogP contribution is -2.49. The molecule has 12 nitrogen and oxygen atoms in total. The molecule has 1 aromatic carbocycles. The van der Waals surface area contributed by atoms with Gasteiger partial charge in [-0.3, -0.25) is 14.3 Å². The number of nitrogens with zero attached hydrogens (tertiary/aromatic N) is 5. The molecule has 2 aromatic rings. The van der Waals surface area contributed by atoms with Crippen molar-refractivity contribution in [3.8, 4) is 0 Å². The summed E-state index contributed by atoms with van der Waals surface area (Å²) in [6.45, 7) is 5.03. The van der Waals surface area contributed by atoms with Gasteiger partial charge in [0.05, 0.1) is 23.5 Å². The molecular formula is C22H31N5O7S2. The molecule has 1 aromatic heterocycles. The van der Waals surface area contributed by atoms with Crippen LogP contribution in [0.5, 0.6) is 0 Å². The van der Waals surface area contributed by atoms with Crippen molar-refractivity contribution < 1.29 is 25.9 Å². The molecule has 1 aliphatic rings. The summed E-state index contributed by atoms with van der Waals surface area (Å²) in [5.74, 6) is 0.751. The molecule has 0 saturated carbocycles. The van der Waals surface area contributed by atoms with Crippen LogP contribution in [0.1, 0.15) is 18.9 Å². The van der Waals surface area contributed by atoms with Crippen LogP contribution in [0.4, 0.5) is 17.2 Å². The second-order valence-electron chi connectivity index (χ2n) is 8.46. The van der Waals surface area contributed by atoms with Gasteiger partial charge in [0.2, 0.25) is 10.0 Å². The number of nitro benzene ring substituents is 1. The Morgan fingerprint density at radius 1 is 1.11 bits per heavy atom. The average molecular weight is 542 g/mol. The third-order valence-electron chi connectivity index (χ3n) is 5.76. The Bertz CT molecular complexity index is 1280. The lowest BCUT2D eigenvalue weighted by atomic mass is 10.1. The molecule has 36 heavy (non-hydrogen) atoms. The second-order valence-corrected chi connectivity index (χ2v) is 12.0. The fourth-order valence-electron chi connectivity index (χ4n) is 4.18. The predicted molar refractivity (Wildman–Crippen MR) is 136 cm³/mol. The minimum atomic E-state index is -4.11. The Hall–Kier alpha value is -2.81. The number of nitro groups is 1. The highest BCUT2D eigenvalue weighted by atomic mass is 32.2. The van der Waals surface area contributed by atoms with Gasteiger partial charge in [0.25, 0.3) is 15.8 Å². The zero-order valence-electron chi connectivity index (χ0n) is 20.5. The molecule has 198 valence electrons. The van der Waals surface area contributed by atoms with Gasteiger partial charge in [0, 0.05) is 57.6 Å². The zero-order chi connectivity index (χ0) is 26.5. The first kappa shape index (κ1) is 27.8. The molecule has 0 unspecified atom stereocenters. The van der Waals surface area contributed by atoms with Crippen molar-refractivity contribution >= 4 is 37.3 Å². The number of non-ortho nitro benzene ring substituents is 1. The van der Waals surface area contributed by atoms with Gasteiger partial charge in [-0.05, 0) is 31.0 Å². The maximum absolute atomic E-state index is 13.8. The number of aryl methyl sites for hydroxylation is 1. The van der Waals surface area contributed by atoms with E-state index in [1.807, 2.05) is 24.0 Å². The maximum atomic E-state index is 13.8. The molecule has 1 fully saturated rings. The molecule has 0 N–H and O–H groups in total. The van der Waals surface area contributed by atoms with E-state index in [1.165, 1.54) is 10.4 Å². The summed E-state index contributed by atoms with van der Waals surface area (Å²) in [5, 5.41) is 11.6. The zero-order valence-corrected chi connectivity index (χ0v) is 22.2. The number of pyridine rings is 1. The van der Waals surface area contributed by atoms with Crippen molar-refractivity contribution in [1.29, 1.82) is 0 Å². The fourth-order valence-corrected chi connectivity index (χ4v) is 6.28. The third kappa shape index (κ3) is 6.69. The summed E-state index contributed by atoms with van der Waals surface area (Å²) in [5.41, 5.74) is 0.389. The van der Waals surface area contributed by atoms with Gasteiger partial charge in [-0.1, -0.05) is 13.0 Å². The van der Waals surface area contributed by atoms with Gasteiger partial charge in [-0.2, -0.15) is 12.7 Å². The van der Waals surface area contributed by atoms with Gasteiger partial charge in [-0.15, -0.1) is 0 Å². The van der Waals surface area contributed by atoms with Crippen molar-refractivity contribution in [3.05, 3.63) is 52.2 Å². The molecule has 1 aliphatic heterocycles. The summed E-state index contributed by atoms with van der Waals surface area (Å²) >= 11 is 0. The van der Waals surface area contributed by atoms with Crippen molar-refractivity contribution in [2.24, 2.45) is 0 Å². The van der Waals surface area contributed by atoms with Crippen LogP contribution >= 0.6 is 0 Å². The van der Waals surface area contributed by atoms with E-state index >= 15 is 0 Å². The van der Waals surface area contributed by atoms with Gasteiger partial charge in [0.1, 0.15) is 10.7 Å². The van der Waals surface area contributed by atoms with E-state index in [2.05, 4.69) is 4.98 Å². The van der Waals surface area contributed by atoms with Gasteiger partial charge < -0.3 is 9.80 Å². The molecule has 0 aliphatic carbocycles. The molecule has 14 heteroatoms. The quantitative estimate of drug-likeness (QED) is 0.235. The predicted octanol–water partition coefficient (Wildman–Crippen LogP) is 2.00. The molecule has 3 rings (SSSR count). The van der Waals surface area contributed by atoms with Crippen LogP contribution in [0.15, 0.2) is 41.4 Å². The number of hydrogen-bond donors (Lipinski definition) is 0. The molecule has 0 atom stereocenters. The van der Waals surface area contributed by atoms with E-state index in [9.17, 15) is 26.9 Å². The van der Waals surface area contributed by atoms with Gasteiger partial charge >= 0.3 is 0 Å². The Morgan fingerprint density at radius 3 is 2.36 bits per heavy atom. The average Bonchev–Trinajstić information content (AvgIpc) is 2.83. The highest BCUT2D eigenvalue weighted by molar-refractivity contribution is 7.89. The highest BCUT2D eigenvalue weighted by Crippen LogP contribution is 2.36. The van der Waals surface area contributed by atoms with E-state index in [0.717, 1.165) is 18.1 Å². The monoisotopic (exact) mass is 541 g/mol. The normalized spacial score (nSPS) is 15.1. The number of anilines is 2. The topological polar surface area (TPSA) is 143 Å². The van der Waals surface area contributed by atoms with Crippen molar-refractivity contribution in [1.82, 2.24) is 9.29 Å². The minimum Gasteiger partial charge on any atom is -0.368 e. The summed E-state index contributed by atoms with van der Waals surface area (Å²) in [4.78, 5) is 18.8. The van der Waals surface area contributed by atoms with Crippen LogP contribution in [0.3, 0.4) is 0 Å². The summed E-state index contributed by atoms with van der Waals surface area (Å²) < 4.78 is 56.7. The number of sulfonamides is 1. The standard InChI is InChI=1S/C22H31N5O7S2/c1-4-9-25(14-15-34-35(3,30)31)22-18(2)16-19(27(28)29)17-20(22)36(32,33)26-12-10-24(11-13-26)21-7-5-6-8-23-21/h5-8,16-17H,4,9-15H2,1-3H3. The van der Waals surface area contributed by atoms with Crippen molar-refractivity contribution in [2.75, 3.05) is 61.9 Å². The first-order valence-corrected chi connectivity index (χ1v) is 14.7. The Labute approximate surface area is 211 Å². The molecule has 2 heterocycles. The van der Waals surface area contributed by atoms with Gasteiger partial charge in [0.15, 0.2) is 0 Å². The Balaban J connectivity index is 1.96. The lowest BCUT2D eigenvalue weighted by Gasteiger charge is -2.36. The van der Waals surface area contributed by atoms with E-state index in [1.54, 1.807) is 24.1 Å². The van der Waals surface area contributed by atoms with E-state index in [4.69, 9.17) is 4.18 Å². The third-order valence-corrected chi connectivity index (χ3v) is 8.27. The number of hydrogen-bond acceptors (Lipinski definition) is 10. The first-order chi connectivity index (χ1) is 16.9. The highest BCUT2D eigenvalue weighted by Gasteiger charge is 2.34. The first-order valence-electron chi connectivity index (χ1n) is 11.5. The summed E-state index contributed by atoms with van der Waals surface area (Å²) in [6.07, 6.45) is 3.25. The van der Waals surface area contributed by atoms with Crippen LogP contribution in [-0.4, -0.2) is 83.2 Å². The molecule has 0 bridgehead atoms. The summed E-state index contributed by atoms with van der Waals surface area (Å²) in [6, 6.07) is 7.93. The number of benzene rings is 1. The largest absolute Gasteiger partial charge is 0.368 e. The molecule has 0 spiro atoms. The molecule has 0 radical (unpaired) electrons.